The Morgan fingerprint density at radius 1 is 1.06 bits per heavy atom. The number of hydrogen-bond donors (Lipinski definition) is 2. The normalized spacial score (nSPS) is 11.8. The van der Waals surface area contributed by atoms with Gasteiger partial charge in [-0.1, -0.05) is 23.7 Å². The van der Waals surface area contributed by atoms with Gasteiger partial charge in [0.2, 0.25) is 5.91 Å². The van der Waals surface area contributed by atoms with Gasteiger partial charge in [-0.3, -0.25) is 9.78 Å². The molecule has 2 aromatic carbocycles. The van der Waals surface area contributed by atoms with Gasteiger partial charge in [0.1, 0.15) is 17.1 Å². The number of benzene rings is 2. The second-order valence-electron chi connectivity index (χ2n) is 7.92. The van der Waals surface area contributed by atoms with Crippen molar-refractivity contribution in [1.82, 2.24) is 4.98 Å². The molecular weight excluding hydrogens is 457 g/mol. The maximum Gasteiger partial charge on any atom is 0.417 e. The summed E-state index contributed by atoms with van der Waals surface area (Å²) in [6.45, 7) is 3.26. The first-order valence-electron chi connectivity index (χ1n) is 10.0. The highest BCUT2D eigenvalue weighted by Gasteiger charge is 2.33. The third kappa shape index (κ3) is 6.94. The SMILES string of the molecule is CC(C)(O)c1cc(Oc2ccc(CCC(=O)Nc3ccc(Cl)c(C(F)(F)F)c3)cc2)ccn1. The number of pyridine rings is 1. The lowest BCUT2D eigenvalue weighted by molar-refractivity contribution is -0.137. The van der Waals surface area contributed by atoms with E-state index in [0.717, 1.165) is 17.7 Å². The van der Waals surface area contributed by atoms with Crippen molar-refractivity contribution in [2.24, 2.45) is 0 Å². The van der Waals surface area contributed by atoms with Gasteiger partial charge in [0.15, 0.2) is 0 Å². The topological polar surface area (TPSA) is 71.5 Å². The second-order valence-corrected chi connectivity index (χ2v) is 8.33. The number of alkyl halides is 3. The molecule has 0 saturated carbocycles. The lowest BCUT2D eigenvalue weighted by Gasteiger charge is -2.17. The molecule has 1 heterocycles. The molecule has 0 fully saturated rings. The zero-order valence-electron chi connectivity index (χ0n) is 17.9. The van der Waals surface area contributed by atoms with E-state index in [-0.39, 0.29) is 12.1 Å². The summed E-state index contributed by atoms with van der Waals surface area (Å²) in [5.74, 6) is 0.675. The van der Waals surface area contributed by atoms with Gasteiger partial charge in [0, 0.05) is 24.4 Å². The van der Waals surface area contributed by atoms with Gasteiger partial charge < -0.3 is 15.2 Å². The van der Waals surface area contributed by atoms with Crippen LogP contribution in [0.25, 0.3) is 0 Å². The van der Waals surface area contributed by atoms with Crippen LogP contribution in [0.1, 0.15) is 37.1 Å². The molecule has 0 radical (unpaired) electrons. The van der Waals surface area contributed by atoms with Crippen LogP contribution in [-0.4, -0.2) is 16.0 Å². The number of carbonyl (C=O) groups excluding carboxylic acids is 1. The summed E-state index contributed by atoms with van der Waals surface area (Å²) in [7, 11) is 0. The molecule has 0 unspecified atom stereocenters. The number of hydrogen-bond acceptors (Lipinski definition) is 4. The first-order valence-corrected chi connectivity index (χ1v) is 10.4. The highest BCUT2D eigenvalue weighted by Crippen LogP contribution is 2.36. The van der Waals surface area contributed by atoms with Crippen molar-refractivity contribution in [2.45, 2.75) is 38.5 Å². The van der Waals surface area contributed by atoms with Crippen LogP contribution in [0.15, 0.2) is 60.8 Å². The van der Waals surface area contributed by atoms with Crippen molar-refractivity contribution < 1.29 is 27.8 Å². The predicted octanol–water partition coefficient (Wildman–Crippen LogP) is 6.34. The van der Waals surface area contributed by atoms with Crippen molar-refractivity contribution in [3.63, 3.8) is 0 Å². The number of aryl methyl sites for hydroxylation is 1. The Kier molecular flexibility index (Phi) is 7.29. The highest BCUT2D eigenvalue weighted by molar-refractivity contribution is 6.31. The molecule has 1 amide bonds. The zero-order chi connectivity index (χ0) is 24.2. The molecule has 33 heavy (non-hydrogen) atoms. The molecule has 2 N–H and O–H groups in total. The van der Waals surface area contributed by atoms with Crippen molar-refractivity contribution in [3.8, 4) is 11.5 Å². The Morgan fingerprint density at radius 2 is 1.76 bits per heavy atom. The van der Waals surface area contributed by atoms with E-state index in [0.29, 0.717) is 23.6 Å². The van der Waals surface area contributed by atoms with Crippen LogP contribution < -0.4 is 10.1 Å². The molecule has 9 heteroatoms. The van der Waals surface area contributed by atoms with Crippen LogP contribution >= 0.6 is 11.6 Å². The summed E-state index contributed by atoms with van der Waals surface area (Å²) in [6.07, 6.45) is -2.57. The van der Waals surface area contributed by atoms with Crippen LogP contribution in [0.5, 0.6) is 11.5 Å². The fourth-order valence-corrected chi connectivity index (χ4v) is 3.20. The molecule has 0 saturated heterocycles. The van der Waals surface area contributed by atoms with Gasteiger partial charge in [0.25, 0.3) is 0 Å². The van der Waals surface area contributed by atoms with Gasteiger partial charge in [-0.15, -0.1) is 0 Å². The van der Waals surface area contributed by atoms with Gasteiger partial charge in [0.05, 0.1) is 16.3 Å². The number of amides is 1. The predicted molar refractivity (Wildman–Crippen MR) is 119 cm³/mol. The average Bonchev–Trinajstić information content (AvgIpc) is 2.73. The van der Waals surface area contributed by atoms with E-state index in [1.807, 2.05) is 0 Å². The summed E-state index contributed by atoms with van der Waals surface area (Å²) in [4.78, 5) is 16.3. The first kappa shape index (κ1) is 24.5. The highest BCUT2D eigenvalue weighted by atomic mass is 35.5. The van der Waals surface area contributed by atoms with E-state index in [2.05, 4.69) is 10.3 Å². The van der Waals surface area contributed by atoms with Gasteiger partial charge in [-0.25, -0.2) is 0 Å². The summed E-state index contributed by atoms with van der Waals surface area (Å²) in [5.41, 5.74) is -0.726. The van der Waals surface area contributed by atoms with Crippen LogP contribution in [0, 0.1) is 0 Å². The van der Waals surface area contributed by atoms with Crippen molar-refractivity contribution in [2.75, 3.05) is 5.32 Å². The summed E-state index contributed by atoms with van der Waals surface area (Å²) in [6, 6.07) is 13.6. The minimum Gasteiger partial charge on any atom is -0.457 e. The molecule has 0 bridgehead atoms. The molecule has 174 valence electrons. The smallest absolute Gasteiger partial charge is 0.417 e. The van der Waals surface area contributed by atoms with Crippen molar-refractivity contribution >= 4 is 23.2 Å². The van der Waals surface area contributed by atoms with E-state index in [4.69, 9.17) is 16.3 Å². The molecule has 0 aliphatic rings. The van der Waals surface area contributed by atoms with Gasteiger partial charge >= 0.3 is 6.18 Å². The number of nitrogens with zero attached hydrogens (tertiary/aromatic N) is 1. The number of nitrogens with one attached hydrogen (secondary N) is 1. The maximum atomic E-state index is 13.0. The lowest BCUT2D eigenvalue weighted by atomic mass is 10.0. The molecule has 0 atom stereocenters. The maximum absolute atomic E-state index is 13.0. The molecular formula is C24H22ClF3N2O3. The number of ether oxygens (including phenoxy) is 1. The summed E-state index contributed by atoms with van der Waals surface area (Å²) < 4.78 is 44.7. The number of aliphatic hydroxyl groups is 1. The fourth-order valence-electron chi connectivity index (χ4n) is 2.97. The largest absolute Gasteiger partial charge is 0.457 e. The zero-order valence-corrected chi connectivity index (χ0v) is 18.7. The van der Waals surface area contributed by atoms with E-state index in [1.54, 1.807) is 56.4 Å². The minimum atomic E-state index is -4.60. The summed E-state index contributed by atoms with van der Waals surface area (Å²) in [5, 5.41) is 12.1. The fraction of sp³-hybridized carbons (Fsp3) is 0.250. The monoisotopic (exact) mass is 478 g/mol. The van der Waals surface area contributed by atoms with Crippen LogP contribution in [0.2, 0.25) is 5.02 Å². The quantitative estimate of drug-likeness (QED) is 0.415. The molecule has 0 aliphatic carbocycles. The average molecular weight is 479 g/mol. The Bertz CT molecular complexity index is 1130. The summed E-state index contributed by atoms with van der Waals surface area (Å²) >= 11 is 5.59. The third-order valence-corrected chi connectivity index (χ3v) is 5.04. The Labute approximate surface area is 194 Å². The van der Waals surface area contributed by atoms with Crippen molar-refractivity contribution in [1.29, 1.82) is 0 Å². The standard InChI is InChI=1S/C24H22ClF3N2O3/c1-23(2,32)21-14-18(11-12-29-21)33-17-7-3-15(4-8-17)5-10-22(31)30-16-6-9-20(25)19(13-16)24(26,27)28/h3-4,6-9,11-14,32H,5,10H2,1-2H3,(H,30,31). The minimum absolute atomic E-state index is 0.0308. The Morgan fingerprint density at radius 3 is 2.39 bits per heavy atom. The molecule has 5 nitrogen and oxygen atoms in total. The number of halogens is 4. The number of anilines is 1. The first-order chi connectivity index (χ1) is 15.4. The molecule has 1 aromatic heterocycles. The molecule has 3 aromatic rings. The number of rotatable bonds is 7. The van der Waals surface area contributed by atoms with E-state index < -0.39 is 28.3 Å². The van der Waals surface area contributed by atoms with E-state index in [1.165, 1.54) is 6.07 Å². The second kappa shape index (κ2) is 9.80. The van der Waals surface area contributed by atoms with E-state index in [9.17, 15) is 23.1 Å². The number of carbonyl (C=O) groups is 1. The third-order valence-electron chi connectivity index (χ3n) is 4.71. The molecule has 0 spiro atoms. The lowest BCUT2D eigenvalue weighted by Crippen LogP contribution is -2.17. The van der Waals surface area contributed by atoms with Gasteiger partial charge in [-0.05, 0) is 62.2 Å². The van der Waals surface area contributed by atoms with Crippen LogP contribution in [-0.2, 0) is 23.0 Å². The van der Waals surface area contributed by atoms with Crippen molar-refractivity contribution in [3.05, 3.63) is 82.6 Å². The Balaban J connectivity index is 1.56. The number of aromatic nitrogens is 1. The molecule has 3 rings (SSSR count). The Hall–Kier alpha value is -3.10. The molecule has 0 aliphatic heterocycles. The van der Waals surface area contributed by atoms with E-state index >= 15 is 0 Å². The van der Waals surface area contributed by atoms with Gasteiger partial charge in [-0.2, -0.15) is 13.2 Å². The van der Waals surface area contributed by atoms with Crippen LogP contribution in [0.3, 0.4) is 0 Å². The van der Waals surface area contributed by atoms with Crippen LogP contribution in [0.4, 0.5) is 18.9 Å².